The number of rotatable bonds is 8. The van der Waals surface area contributed by atoms with Gasteiger partial charge in [0.2, 0.25) is 0 Å². The van der Waals surface area contributed by atoms with Gasteiger partial charge in [0, 0.05) is 0 Å². The first-order valence-corrected chi connectivity index (χ1v) is 9.10. The van der Waals surface area contributed by atoms with Crippen LogP contribution in [0.15, 0.2) is 47.6 Å². The molecule has 0 fully saturated rings. The summed E-state index contributed by atoms with van der Waals surface area (Å²) in [5, 5.41) is 12.8. The summed E-state index contributed by atoms with van der Waals surface area (Å²) in [6, 6.07) is 12.7. The number of nitrogens with zero attached hydrogens (tertiary/aromatic N) is 2. The molecule has 0 aliphatic carbocycles. The number of oxime groups is 1. The van der Waals surface area contributed by atoms with Crippen molar-refractivity contribution in [1.29, 1.82) is 0 Å². The molecule has 0 radical (unpaired) electrons. The number of hydrogen-bond acceptors (Lipinski definition) is 6. The number of carbonyl (C=O) groups is 2. The van der Waals surface area contributed by atoms with E-state index in [4.69, 9.17) is 19.4 Å². The number of hydrogen-bond donors (Lipinski definition) is 1. The van der Waals surface area contributed by atoms with Gasteiger partial charge in [-0.3, -0.25) is 4.79 Å². The van der Waals surface area contributed by atoms with Gasteiger partial charge in [-0.25, -0.2) is 4.79 Å². The van der Waals surface area contributed by atoms with E-state index >= 15 is 0 Å². The molecule has 0 saturated heterocycles. The minimum absolute atomic E-state index is 0.00881. The molecule has 152 valence electrons. The number of carboxylic acids is 1. The van der Waals surface area contributed by atoms with Crippen molar-refractivity contribution in [2.24, 2.45) is 5.16 Å². The molecule has 0 aromatic heterocycles. The molecule has 0 saturated carbocycles. The van der Waals surface area contributed by atoms with Crippen molar-refractivity contribution >= 4 is 23.3 Å². The zero-order valence-corrected chi connectivity index (χ0v) is 16.3. The average Bonchev–Trinajstić information content (AvgIpc) is 2.71. The van der Waals surface area contributed by atoms with Gasteiger partial charge in [-0.05, 0) is 55.3 Å². The summed E-state index contributed by atoms with van der Waals surface area (Å²) in [5.74, 6) is 0.0309. The number of carboxylic acid groups (broad SMARTS) is 1. The highest BCUT2D eigenvalue weighted by atomic mass is 16.6. The van der Waals surface area contributed by atoms with Crippen LogP contribution in [0.1, 0.15) is 18.1 Å². The van der Waals surface area contributed by atoms with Crippen molar-refractivity contribution in [3.8, 4) is 11.5 Å². The van der Waals surface area contributed by atoms with Gasteiger partial charge in [0.1, 0.15) is 18.1 Å². The second-order valence-corrected chi connectivity index (χ2v) is 6.47. The van der Waals surface area contributed by atoms with E-state index in [2.05, 4.69) is 5.16 Å². The fraction of sp³-hybridized carbons (Fsp3) is 0.286. The van der Waals surface area contributed by atoms with Gasteiger partial charge >= 0.3 is 5.97 Å². The molecule has 0 spiro atoms. The van der Waals surface area contributed by atoms with Crippen LogP contribution in [0.25, 0.3) is 0 Å². The van der Waals surface area contributed by atoms with Crippen molar-refractivity contribution in [1.82, 2.24) is 0 Å². The van der Waals surface area contributed by atoms with E-state index in [0.29, 0.717) is 23.8 Å². The zero-order chi connectivity index (χ0) is 20.8. The van der Waals surface area contributed by atoms with Crippen LogP contribution in [-0.4, -0.2) is 49.1 Å². The quantitative estimate of drug-likeness (QED) is 0.417. The van der Waals surface area contributed by atoms with E-state index in [1.165, 1.54) is 0 Å². The molecule has 1 heterocycles. The summed E-state index contributed by atoms with van der Waals surface area (Å²) in [5.41, 5.74) is 3.01. The largest absolute Gasteiger partial charge is 0.482 e. The van der Waals surface area contributed by atoms with Crippen LogP contribution in [-0.2, 0) is 14.4 Å². The third-order valence-electron chi connectivity index (χ3n) is 4.36. The van der Waals surface area contributed by atoms with Gasteiger partial charge in [0.05, 0.1) is 17.9 Å². The first-order chi connectivity index (χ1) is 14.0. The number of fused-ring (bicyclic) bond motifs is 1. The standard InChI is InChI=1S/C21H22N2O6/c1-14-11-16(7-8-18(14)28-13-21(25)26)15(2)22-29-10-9-23-17-5-3-4-6-19(17)27-12-20(23)24/h3-8,11H,9-10,12-13H2,1-2H3,(H,25,26). The summed E-state index contributed by atoms with van der Waals surface area (Å²) >= 11 is 0. The maximum Gasteiger partial charge on any atom is 0.341 e. The predicted molar refractivity (Wildman–Crippen MR) is 107 cm³/mol. The van der Waals surface area contributed by atoms with E-state index in [-0.39, 0.29) is 25.7 Å². The van der Waals surface area contributed by atoms with Gasteiger partial charge in [-0.15, -0.1) is 0 Å². The molecule has 0 bridgehead atoms. The SMILES string of the molecule is CC(=NOCCN1C(=O)COc2ccccc21)c1ccc(OCC(=O)O)c(C)c1. The zero-order valence-electron chi connectivity index (χ0n) is 16.3. The fourth-order valence-electron chi connectivity index (χ4n) is 2.90. The van der Waals surface area contributed by atoms with Crippen LogP contribution >= 0.6 is 0 Å². The number of carbonyl (C=O) groups excluding carboxylic acids is 1. The number of benzene rings is 2. The number of amides is 1. The van der Waals surface area contributed by atoms with Gasteiger partial charge in [-0.2, -0.15) is 0 Å². The maximum atomic E-state index is 12.1. The van der Waals surface area contributed by atoms with E-state index < -0.39 is 5.97 Å². The smallest absolute Gasteiger partial charge is 0.341 e. The Morgan fingerprint density at radius 3 is 2.83 bits per heavy atom. The van der Waals surface area contributed by atoms with Crippen LogP contribution in [0.4, 0.5) is 5.69 Å². The molecule has 1 N–H and O–H groups in total. The lowest BCUT2D eigenvalue weighted by Gasteiger charge is -2.28. The van der Waals surface area contributed by atoms with Crippen LogP contribution in [0.2, 0.25) is 0 Å². The van der Waals surface area contributed by atoms with E-state index in [9.17, 15) is 9.59 Å². The fourth-order valence-corrected chi connectivity index (χ4v) is 2.90. The Bertz CT molecular complexity index is 941. The van der Waals surface area contributed by atoms with Crippen molar-refractivity contribution in [2.75, 3.05) is 31.3 Å². The third-order valence-corrected chi connectivity index (χ3v) is 4.36. The second-order valence-electron chi connectivity index (χ2n) is 6.47. The first-order valence-electron chi connectivity index (χ1n) is 9.10. The predicted octanol–water partition coefficient (Wildman–Crippen LogP) is 2.62. The summed E-state index contributed by atoms with van der Waals surface area (Å²) in [7, 11) is 0. The number of aryl methyl sites for hydroxylation is 1. The van der Waals surface area contributed by atoms with Gasteiger partial charge < -0.3 is 24.3 Å². The Morgan fingerprint density at radius 1 is 1.28 bits per heavy atom. The third kappa shape index (κ3) is 5.04. The monoisotopic (exact) mass is 398 g/mol. The van der Waals surface area contributed by atoms with Crippen molar-refractivity contribution in [2.45, 2.75) is 13.8 Å². The highest BCUT2D eigenvalue weighted by molar-refractivity contribution is 5.99. The molecule has 8 nitrogen and oxygen atoms in total. The molecule has 29 heavy (non-hydrogen) atoms. The highest BCUT2D eigenvalue weighted by Gasteiger charge is 2.24. The maximum absolute atomic E-state index is 12.1. The van der Waals surface area contributed by atoms with E-state index in [1.54, 1.807) is 17.0 Å². The van der Waals surface area contributed by atoms with Crippen molar-refractivity contribution < 1.29 is 29.0 Å². The normalized spacial score (nSPS) is 13.5. The lowest BCUT2D eigenvalue weighted by Crippen LogP contribution is -2.40. The minimum atomic E-state index is -1.03. The minimum Gasteiger partial charge on any atom is -0.482 e. The molecular formula is C21H22N2O6. The van der Waals surface area contributed by atoms with Gasteiger partial charge in [0.25, 0.3) is 5.91 Å². The molecule has 1 aliphatic heterocycles. The van der Waals surface area contributed by atoms with Crippen LogP contribution in [0.3, 0.4) is 0 Å². The van der Waals surface area contributed by atoms with Crippen LogP contribution < -0.4 is 14.4 Å². The van der Waals surface area contributed by atoms with E-state index in [0.717, 1.165) is 16.8 Å². The molecule has 8 heteroatoms. The Balaban J connectivity index is 1.57. The summed E-state index contributed by atoms with van der Waals surface area (Å²) in [6.45, 7) is 3.85. The summed E-state index contributed by atoms with van der Waals surface area (Å²) in [6.07, 6.45) is 0. The topological polar surface area (TPSA) is 97.7 Å². The lowest BCUT2D eigenvalue weighted by atomic mass is 10.1. The number of para-hydroxylation sites is 2. The highest BCUT2D eigenvalue weighted by Crippen LogP contribution is 2.31. The second kappa shape index (κ2) is 9.09. The van der Waals surface area contributed by atoms with Gasteiger partial charge in [0.15, 0.2) is 13.2 Å². The Kier molecular flexibility index (Phi) is 6.33. The Hall–Kier alpha value is -3.55. The molecule has 0 atom stereocenters. The molecule has 3 rings (SSSR count). The molecule has 1 aliphatic rings. The lowest BCUT2D eigenvalue weighted by molar-refractivity contribution is -0.139. The van der Waals surface area contributed by atoms with E-state index in [1.807, 2.05) is 44.2 Å². The number of anilines is 1. The Morgan fingerprint density at radius 2 is 2.07 bits per heavy atom. The average molecular weight is 398 g/mol. The molecule has 0 unspecified atom stereocenters. The van der Waals surface area contributed by atoms with Crippen molar-refractivity contribution in [3.63, 3.8) is 0 Å². The molecular weight excluding hydrogens is 376 g/mol. The number of aliphatic carboxylic acids is 1. The van der Waals surface area contributed by atoms with Crippen LogP contribution in [0.5, 0.6) is 11.5 Å². The van der Waals surface area contributed by atoms with Gasteiger partial charge in [-0.1, -0.05) is 17.3 Å². The molecule has 2 aromatic rings. The summed E-state index contributed by atoms with van der Waals surface area (Å²) < 4.78 is 10.6. The Labute approximate surface area is 168 Å². The summed E-state index contributed by atoms with van der Waals surface area (Å²) in [4.78, 5) is 29.8. The van der Waals surface area contributed by atoms with Crippen molar-refractivity contribution in [3.05, 3.63) is 53.6 Å². The first kappa shape index (κ1) is 20.2. The number of ether oxygens (including phenoxy) is 2. The molecule has 1 amide bonds. The molecule has 2 aromatic carbocycles. The van der Waals surface area contributed by atoms with Crippen LogP contribution in [0, 0.1) is 6.92 Å².